The second kappa shape index (κ2) is 8.68. The summed E-state index contributed by atoms with van der Waals surface area (Å²) in [6.45, 7) is 3.47. The lowest BCUT2D eigenvalue weighted by atomic mass is 9.99. The summed E-state index contributed by atoms with van der Waals surface area (Å²) in [5, 5.41) is 5.23. The van der Waals surface area contributed by atoms with E-state index in [1.807, 2.05) is 13.8 Å². The topological polar surface area (TPSA) is 101 Å². The van der Waals surface area contributed by atoms with Gasteiger partial charge in [0.25, 0.3) is 11.8 Å². The standard InChI is InChI=1S/C18H20N4O3/c1-12(2)16(22-18(25)14-10-19-8-9-20-14)15(23)11-21-17(24)13-6-4-3-5-7-13/h3-10,12,16H,11H2,1-2H3,(H,21,24)(H,22,25)/t16-/m0/s1. The van der Waals surface area contributed by atoms with Crippen LogP contribution in [0.5, 0.6) is 0 Å². The highest BCUT2D eigenvalue weighted by Crippen LogP contribution is 2.05. The SMILES string of the molecule is CC(C)[C@H](NC(=O)c1cnccn1)C(=O)CNC(=O)c1ccccc1. The molecule has 0 aliphatic carbocycles. The fraction of sp³-hybridized carbons (Fsp3) is 0.278. The maximum absolute atomic E-state index is 12.4. The van der Waals surface area contributed by atoms with E-state index in [-0.39, 0.29) is 29.8 Å². The lowest BCUT2D eigenvalue weighted by Crippen LogP contribution is -2.48. The highest BCUT2D eigenvalue weighted by molar-refractivity contribution is 6.00. The molecule has 2 N–H and O–H groups in total. The van der Waals surface area contributed by atoms with Gasteiger partial charge in [0.1, 0.15) is 5.69 Å². The molecule has 130 valence electrons. The van der Waals surface area contributed by atoms with Crippen molar-refractivity contribution in [1.82, 2.24) is 20.6 Å². The molecule has 2 rings (SSSR count). The molecule has 1 aromatic carbocycles. The molecule has 0 radical (unpaired) electrons. The van der Waals surface area contributed by atoms with Crippen LogP contribution in [0.3, 0.4) is 0 Å². The molecule has 2 amide bonds. The molecule has 0 aliphatic heterocycles. The van der Waals surface area contributed by atoms with E-state index in [9.17, 15) is 14.4 Å². The first-order chi connectivity index (χ1) is 12.0. The van der Waals surface area contributed by atoms with Crippen molar-refractivity contribution in [2.24, 2.45) is 5.92 Å². The number of benzene rings is 1. The minimum atomic E-state index is -0.731. The fourth-order valence-corrected chi connectivity index (χ4v) is 2.22. The molecule has 0 bridgehead atoms. The molecular formula is C18H20N4O3. The van der Waals surface area contributed by atoms with E-state index in [1.54, 1.807) is 30.3 Å². The van der Waals surface area contributed by atoms with Crippen molar-refractivity contribution in [3.63, 3.8) is 0 Å². The van der Waals surface area contributed by atoms with E-state index in [0.717, 1.165) is 0 Å². The first kappa shape index (κ1) is 18.3. The Hall–Kier alpha value is -3.09. The van der Waals surface area contributed by atoms with Crippen LogP contribution in [0.25, 0.3) is 0 Å². The largest absolute Gasteiger partial charge is 0.345 e. The van der Waals surface area contributed by atoms with Crippen LogP contribution in [0.1, 0.15) is 34.7 Å². The highest BCUT2D eigenvalue weighted by Gasteiger charge is 2.25. The summed E-state index contributed by atoms with van der Waals surface area (Å²) in [5.74, 6) is -1.23. The molecule has 7 heteroatoms. The summed E-state index contributed by atoms with van der Waals surface area (Å²) < 4.78 is 0. The number of nitrogens with one attached hydrogen (secondary N) is 2. The quantitative estimate of drug-likeness (QED) is 0.789. The van der Waals surface area contributed by atoms with E-state index in [4.69, 9.17) is 0 Å². The van der Waals surface area contributed by atoms with Crippen LogP contribution in [0.15, 0.2) is 48.9 Å². The van der Waals surface area contributed by atoms with Gasteiger partial charge in [0.15, 0.2) is 5.78 Å². The van der Waals surface area contributed by atoms with E-state index in [0.29, 0.717) is 5.56 Å². The molecule has 25 heavy (non-hydrogen) atoms. The minimum absolute atomic E-state index is 0.134. The van der Waals surface area contributed by atoms with Crippen molar-refractivity contribution >= 4 is 17.6 Å². The van der Waals surface area contributed by atoms with Gasteiger partial charge >= 0.3 is 0 Å². The molecular weight excluding hydrogens is 320 g/mol. The predicted octanol–water partition coefficient (Wildman–Crippen LogP) is 1.23. The van der Waals surface area contributed by atoms with Crippen molar-refractivity contribution in [1.29, 1.82) is 0 Å². The summed E-state index contributed by atoms with van der Waals surface area (Å²) in [6, 6.07) is 7.89. The summed E-state index contributed by atoms with van der Waals surface area (Å²) in [6.07, 6.45) is 4.19. The third-order valence-corrected chi connectivity index (χ3v) is 3.56. The predicted molar refractivity (Wildman–Crippen MR) is 91.9 cm³/mol. The van der Waals surface area contributed by atoms with Crippen LogP contribution in [-0.4, -0.2) is 40.2 Å². The third-order valence-electron chi connectivity index (χ3n) is 3.56. The molecule has 0 aliphatic rings. The van der Waals surface area contributed by atoms with Crippen LogP contribution < -0.4 is 10.6 Å². The second-order valence-electron chi connectivity index (χ2n) is 5.80. The molecule has 0 fully saturated rings. The van der Waals surface area contributed by atoms with Crippen LogP contribution in [0, 0.1) is 5.92 Å². The third kappa shape index (κ3) is 5.20. The van der Waals surface area contributed by atoms with E-state index >= 15 is 0 Å². The van der Waals surface area contributed by atoms with Gasteiger partial charge in [-0.05, 0) is 18.1 Å². The Bertz CT molecular complexity index is 733. The Labute approximate surface area is 145 Å². The Morgan fingerprint density at radius 2 is 1.76 bits per heavy atom. The van der Waals surface area contributed by atoms with E-state index in [2.05, 4.69) is 20.6 Å². The molecule has 1 atom stereocenters. The molecule has 0 unspecified atom stereocenters. The first-order valence-electron chi connectivity index (χ1n) is 7.92. The second-order valence-corrected chi connectivity index (χ2v) is 5.80. The number of carbonyl (C=O) groups is 3. The number of amides is 2. The minimum Gasteiger partial charge on any atom is -0.345 e. The smallest absolute Gasteiger partial charge is 0.272 e. The van der Waals surface area contributed by atoms with Gasteiger partial charge in [-0.1, -0.05) is 32.0 Å². The highest BCUT2D eigenvalue weighted by atomic mass is 16.2. The molecule has 2 aromatic rings. The maximum Gasteiger partial charge on any atom is 0.272 e. The zero-order valence-electron chi connectivity index (χ0n) is 14.1. The normalized spacial score (nSPS) is 11.6. The van der Waals surface area contributed by atoms with Gasteiger partial charge < -0.3 is 10.6 Å². The summed E-state index contributed by atoms with van der Waals surface area (Å²) in [7, 11) is 0. The Balaban J connectivity index is 1.96. The molecule has 1 heterocycles. The average molecular weight is 340 g/mol. The zero-order chi connectivity index (χ0) is 18.2. The van der Waals surface area contributed by atoms with Crippen LogP contribution in [0.2, 0.25) is 0 Å². The molecule has 0 saturated carbocycles. The first-order valence-corrected chi connectivity index (χ1v) is 7.92. The number of aromatic nitrogens is 2. The molecule has 1 aromatic heterocycles. The van der Waals surface area contributed by atoms with Crippen LogP contribution >= 0.6 is 0 Å². The van der Waals surface area contributed by atoms with Crippen molar-refractivity contribution < 1.29 is 14.4 Å². The summed E-state index contributed by atoms with van der Waals surface area (Å²) in [5.41, 5.74) is 0.606. The lowest BCUT2D eigenvalue weighted by Gasteiger charge is -2.21. The number of ketones is 1. The number of nitrogens with zero attached hydrogens (tertiary/aromatic N) is 2. The number of hydrogen-bond acceptors (Lipinski definition) is 5. The molecule has 0 saturated heterocycles. The summed E-state index contributed by atoms with van der Waals surface area (Å²) in [4.78, 5) is 44.3. The van der Waals surface area contributed by atoms with Crippen molar-refractivity contribution in [2.75, 3.05) is 6.54 Å². The molecule has 0 spiro atoms. The van der Waals surface area contributed by atoms with Gasteiger partial charge in [-0.15, -0.1) is 0 Å². The lowest BCUT2D eigenvalue weighted by molar-refractivity contribution is -0.120. The van der Waals surface area contributed by atoms with Gasteiger partial charge in [-0.2, -0.15) is 0 Å². The van der Waals surface area contributed by atoms with Crippen molar-refractivity contribution in [3.05, 3.63) is 60.2 Å². The van der Waals surface area contributed by atoms with Gasteiger partial charge in [-0.25, -0.2) is 4.98 Å². The maximum atomic E-state index is 12.4. The van der Waals surface area contributed by atoms with Crippen LogP contribution in [-0.2, 0) is 4.79 Å². The van der Waals surface area contributed by atoms with Gasteiger partial charge in [0, 0.05) is 18.0 Å². The van der Waals surface area contributed by atoms with Crippen molar-refractivity contribution in [3.8, 4) is 0 Å². The van der Waals surface area contributed by atoms with Crippen molar-refractivity contribution in [2.45, 2.75) is 19.9 Å². The number of carbonyl (C=O) groups excluding carboxylic acids is 3. The van der Waals surface area contributed by atoms with Gasteiger partial charge in [0.2, 0.25) is 0 Å². The summed E-state index contributed by atoms with van der Waals surface area (Å²) >= 11 is 0. The fourth-order valence-electron chi connectivity index (χ4n) is 2.22. The average Bonchev–Trinajstić information content (AvgIpc) is 2.64. The monoisotopic (exact) mass is 340 g/mol. The molecule has 7 nitrogen and oxygen atoms in total. The zero-order valence-corrected chi connectivity index (χ0v) is 14.1. The Kier molecular flexibility index (Phi) is 6.33. The van der Waals surface area contributed by atoms with E-state index in [1.165, 1.54) is 18.6 Å². The number of hydrogen-bond donors (Lipinski definition) is 2. The van der Waals surface area contributed by atoms with Crippen LogP contribution in [0.4, 0.5) is 0 Å². The van der Waals surface area contributed by atoms with Gasteiger partial charge in [-0.3, -0.25) is 19.4 Å². The number of Topliss-reactive ketones (excluding diaryl/α,β-unsaturated/α-hetero) is 1. The Morgan fingerprint density at radius 3 is 2.36 bits per heavy atom. The van der Waals surface area contributed by atoms with Gasteiger partial charge in [0.05, 0.1) is 18.8 Å². The number of rotatable bonds is 7. The van der Waals surface area contributed by atoms with E-state index < -0.39 is 11.9 Å². The Morgan fingerprint density at radius 1 is 1.04 bits per heavy atom.